The van der Waals surface area contributed by atoms with E-state index in [0.29, 0.717) is 6.42 Å². The predicted octanol–water partition coefficient (Wildman–Crippen LogP) is 1.22. The largest absolute Gasteiger partial charge is 0.389 e. The topological polar surface area (TPSA) is 38.7 Å². The normalized spacial score (nSPS) is 39.6. The molecule has 2 aliphatic rings. The van der Waals surface area contributed by atoms with Gasteiger partial charge in [0.25, 0.3) is 0 Å². The molecule has 13 heavy (non-hydrogen) atoms. The van der Waals surface area contributed by atoms with Crippen molar-refractivity contribution in [2.45, 2.75) is 44.2 Å². The van der Waals surface area contributed by atoms with Gasteiger partial charge in [0.2, 0.25) is 0 Å². The third-order valence-electron chi connectivity index (χ3n) is 2.49. The molecule has 0 saturated carbocycles. The van der Waals surface area contributed by atoms with Gasteiger partial charge in [-0.1, -0.05) is 12.2 Å². The summed E-state index contributed by atoms with van der Waals surface area (Å²) in [4.78, 5) is 0. The second-order valence-electron chi connectivity index (χ2n) is 3.66. The molecule has 0 aromatic rings. The third-order valence-corrected chi connectivity index (χ3v) is 2.49. The molecular formula is C10H16O3. The van der Waals surface area contributed by atoms with Crippen LogP contribution in [0.5, 0.6) is 0 Å². The van der Waals surface area contributed by atoms with Crippen molar-refractivity contribution in [1.29, 1.82) is 0 Å². The summed E-state index contributed by atoms with van der Waals surface area (Å²) in [5, 5.41) is 9.22. The summed E-state index contributed by atoms with van der Waals surface area (Å²) in [6.07, 6.45) is 7.38. The van der Waals surface area contributed by atoms with Gasteiger partial charge in [-0.3, -0.25) is 0 Å². The Hall–Kier alpha value is -0.380. The Morgan fingerprint density at radius 3 is 2.85 bits per heavy atom. The smallest absolute Gasteiger partial charge is 0.158 e. The Labute approximate surface area is 78.3 Å². The van der Waals surface area contributed by atoms with E-state index in [0.717, 1.165) is 19.4 Å². The second kappa shape index (κ2) is 4.22. The van der Waals surface area contributed by atoms with Crippen LogP contribution >= 0.6 is 0 Å². The average Bonchev–Trinajstić information content (AvgIpc) is 2.53. The molecule has 3 nitrogen and oxygen atoms in total. The Bertz CT molecular complexity index is 185. The fourth-order valence-electron chi connectivity index (χ4n) is 1.76. The van der Waals surface area contributed by atoms with Crippen molar-refractivity contribution in [1.82, 2.24) is 0 Å². The van der Waals surface area contributed by atoms with E-state index in [-0.39, 0.29) is 18.5 Å². The van der Waals surface area contributed by atoms with E-state index < -0.39 is 0 Å². The van der Waals surface area contributed by atoms with Crippen LogP contribution in [0.4, 0.5) is 0 Å². The summed E-state index contributed by atoms with van der Waals surface area (Å²) >= 11 is 0. The van der Waals surface area contributed by atoms with Gasteiger partial charge in [-0.05, 0) is 19.3 Å². The van der Waals surface area contributed by atoms with Gasteiger partial charge in [0, 0.05) is 13.0 Å². The zero-order chi connectivity index (χ0) is 9.10. The van der Waals surface area contributed by atoms with Crippen LogP contribution in [0.2, 0.25) is 0 Å². The first-order chi connectivity index (χ1) is 6.34. The molecule has 0 aromatic heterocycles. The molecule has 0 aromatic carbocycles. The molecule has 3 heteroatoms. The molecule has 74 valence electrons. The van der Waals surface area contributed by atoms with Gasteiger partial charge in [0.05, 0.1) is 12.2 Å². The van der Waals surface area contributed by atoms with Crippen LogP contribution < -0.4 is 0 Å². The minimum atomic E-state index is -0.325. The van der Waals surface area contributed by atoms with E-state index >= 15 is 0 Å². The molecule has 0 radical (unpaired) electrons. The lowest BCUT2D eigenvalue weighted by atomic mass is 10.2. The van der Waals surface area contributed by atoms with Crippen molar-refractivity contribution in [3.63, 3.8) is 0 Å². The number of rotatable bonds is 2. The van der Waals surface area contributed by atoms with E-state index in [1.54, 1.807) is 6.08 Å². The van der Waals surface area contributed by atoms with Gasteiger partial charge in [-0.2, -0.15) is 0 Å². The molecule has 1 heterocycles. The van der Waals surface area contributed by atoms with E-state index in [1.165, 1.54) is 6.42 Å². The Balaban J connectivity index is 1.74. The van der Waals surface area contributed by atoms with Gasteiger partial charge in [0.15, 0.2) is 6.29 Å². The number of ether oxygens (including phenoxy) is 2. The molecular weight excluding hydrogens is 168 g/mol. The number of hydrogen-bond acceptors (Lipinski definition) is 3. The average molecular weight is 184 g/mol. The fourth-order valence-corrected chi connectivity index (χ4v) is 1.76. The van der Waals surface area contributed by atoms with Gasteiger partial charge in [-0.25, -0.2) is 0 Å². The molecule has 1 aliphatic carbocycles. The Kier molecular flexibility index (Phi) is 2.98. The summed E-state index contributed by atoms with van der Waals surface area (Å²) in [6, 6.07) is 0. The summed E-state index contributed by atoms with van der Waals surface area (Å²) in [7, 11) is 0. The molecule has 1 aliphatic heterocycles. The first-order valence-electron chi connectivity index (χ1n) is 4.98. The van der Waals surface area contributed by atoms with Crippen molar-refractivity contribution < 1.29 is 14.6 Å². The van der Waals surface area contributed by atoms with Crippen molar-refractivity contribution >= 4 is 0 Å². The van der Waals surface area contributed by atoms with Gasteiger partial charge < -0.3 is 14.6 Å². The van der Waals surface area contributed by atoms with Crippen LogP contribution in [0, 0.1) is 0 Å². The second-order valence-corrected chi connectivity index (χ2v) is 3.66. The van der Waals surface area contributed by atoms with Crippen LogP contribution in [0.3, 0.4) is 0 Å². The van der Waals surface area contributed by atoms with Crippen LogP contribution in [0.15, 0.2) is 12.2 Å². The van der Waals surface area contributed by atoms with E-state index in [4.69, 9.17) is 9.47 Å². The lowest BCUT2D eigenvalue weighted by Crippen LogP contribution is -2.26. The summed E-state index contributed by atoms with van der Waals surface area (Å²) < 4.78 is 11.1. The third kappa shape index (κ3) is 2.53. The minimum absolute atomic E-state index is 0.0475. The molecule has 0 unspecified atom stereocenters. The Morgan fingerprint density at radius 1 is 1.31 bits per heavy atom. The standard InChI is InChI=1S/C10H16O3/c11-8-4-5-9(7-8)13-10-3-1-2-6-12-10/h4-5,8-11H,1-3,6-7H2/t8-,9+,10-/m0/s1. The minimum Gasteiger partial charge on any atom is -0.389 e. The molecule has 3 atom stereocenters. The highest BCUT2D eigenvalue weighted by molar-refractivity contribution is 5.03. The summed E-state index contributed by atoms with van der Waals surface area (Å²) in [5.41, 5.74) is 0. The maximum Gasteiger partial charge on any atom is 0.158 e. The van der Waals surface area contributed by atoms with Crippen molar-refractivity contribution in [2.24, 2.45) is 0 Å². The van der Waals surface area contributed by atoms with Crippen LogP contribution in [-0.2, 0) is 9.47 Å². The summed E-state index contributed by atoms with van der Waals surface area (Å²) in [5.74, 6) is 0. The van der Waals surface area contributed by atoms with E-state index in [1.807, 2.05) is 6.08 Å². The van der Waals surface area contributed by atoms with Gasteiger partial charge in [0.1, 0.15) is 0 Å². The molecule has 2 rings (SSSR count). The van der Waals surface area contributed by atoms with E-state index in [2.05, 4.69) is 0 Å². The quantitative estimate of drug-likeness (QED) is 0.656. The van der Waals surface area contributed by atoms with E-state index in [9.17, 15) is 5.11 Å². The van der Waals surface area contributed by atoms with Crippen molar-refractivity contribution in [3.05, 3.63) is 12.2 Å². The maximum absolute atomic E-state index is 9.22. The molecule has 1 saturated heterocycles. The zero-order valence-electron chi connectivity index (χ0n) is 7.69. The molecule has 0 spiro atoms. The molecule has 1 fully saturated rings. The lowest BCUT2D eigenvalue weighted by molar-refractivity contribution is -0.179. The summed E-state index contributed by atoms with van der Waals surface area (Å²) in [6.45, 7) is 0.809. The van der Waals surface area contributed by atoms with Crippen molar-refractivity contribution in [3.8, 4) is 0 Å². The Morgan fingerprint density at radius 2 is 2.23 bits per heavy atom. The zero-order valence-corrected chi connectivity index (χ0v) is 7.69. The highest BCUT2D eigenvalue weighted by atomic mass is 16.7. The van der Waals surface area contributed by atoms with Gasteiger partial charge >= 0.3 is 0 Å². The number of hydrogen-bond donors (Lipinski definition) is 1. The lowest BCUT2D eigenvalue weighted by Gasteiger charge is -2.25. The highest BCUT2D eigenvalue weighted by Gasteiger charge is 2.22. The van der Waals surface area contributed by atoms with Gasteiger partial charge in [-0.15, -0.1) is 0 Å². The predicted molar refractivity (Wildman–Crippen MR) is 48.2 cm³/mol. The fraction of sp³-hybridized carbons (Fsp3) is 0.800. The number of aliphatic hydroxyl groups is 1. The van der Waals surface area contributed by atoms with Crippen LogP contribution in [0.1, 0.15) is 25.7 Å². The molecule has 1 N–H and O–H groups in total. The maximum atomic E-state index is 9.22. The first-order valence-corrected chi connectivity index (χ1v) is 4.98. The molecule has 0 bridgehead atoms. The number of aliphatic hydroxyl groups excluding tert-OH is 1. The first kappa shape index (κ1) is 9.19. The van der Waals surface area contributed by atoms with Crippen LogP contribution in [0.25, 0.3) is 0 Å². The monoisotopic (exact) mass is 184 g/mol. The molecule has 0 amide bonds. The highest BCUT2D eigenvalue weighted by Crippen LogP contribution is 2.20. The van der Waals surface area contributed by atoms with Crippen LogP contribution in [-0.4, -0.2) is 30.2 Å². The van der Waals surface area contributed by atoms with Crippen molar-refractivity contribution in [2.75, 3.05) is 6.61 Å². The SMILES string of the molecule is O[C@H]1C=C[C@@H](O[C@H]2CCCCO2)C1.